The second-order valence-electron chi connectivity index (χ2n) is 4.38. The van der Waals surface area contributed by atoms with Gasteiger partial charge in [0.15, 0.2) is 0 Å². The first-order valence-electron chi connectivity index (χ1n) is 6.28. The molecule has 2 aromatic rings. The normalized spacial score (nSPS) is 10.2. The van der Waals surface area contributed by atoms with Gasteiger partial charge in [0, 0.05) is 19.2 Å². The number of hydrogen-bond donors (Lipinski definition) is 2. The van der Waals surface area contributed by atoms with Crippen LogP contribution >= 0.6 is 0 Å². The van der Waals surface area contributed by atoms with Gasteiger partial charge in [0.25, 0.3) is 11.5 Å². The molecule has 1 aromatic carbocycles. The van der Waals surface area contributed by atoms with Gasteiger partial charge < -0.3 is 9.40 Å². The summed E-state index contributed by atoms with van der Waals surface area (Å²) in [5.41, 5.74) is 2.83. The highest BCUT2D eigenvalue weighted by Crippen LogP contribution is 2.08. The van der Waals surface area contributed by atoms with Crippen LogP contribution in [0.15, 0.2) is 41.2 Å². The lowest BCUT2D eigenvalue weighted by Crippen LogP contribution is -2.40. The van der Waals surface area contributed by atoms with E-state index in [2.05, 4.69) is 4.84 Å². The van der Waals surface area contributed by atoms with Crippen LogP contribution < -0.4 is 16.6 Å². The van der Waals surface area contributed by atoms with Gasteiger partial charge in [-0.2, -0.15) is 0 Å². The molecule has 0 bridgehead atoms. The average Bonchev–Trinajstić information content (AvgIpc) is 2.49. The number of amides is 1. The van der Waals surface area contributed by atoms with Crippen molar-refractivity contribution in [2.75, 3.05) is 0 Å². The van der Waals surface area contributed by atoms with Gasteiger partial charge in [-0.15, -0.1) is 0 Å². The molecule has 9 heteroatoms. The van der Waals surface area contributed by atoms with E-state index in [1.165, 1.54) is 25.2 Å². The van der Waals surface area contributed by atoms with Crippen LogP contribution in [-0.2, 0) is 11.9 Å². The summed E-state index contributed by atoms with van der Waals surface area (Å²) in [4.78, 5) is 39.3. The van der Waals surface area contributed by atoms with Crippen molar-refractivity contribution in [2.24, 2.45) is 7.05 Å². The molecule has 0 spiro atoms. The van der Waals surface area contributed by atoms with Crippen molar-refractivity contribution in [3.63, 3.8) is 0 Å². The van der Waals surface area contributed by atoms with Crippen molar-refractivity contribution in [1.82, 2.24) is 15.6 Å². The number of hydrazine groups is 1. The third-order valence-electron chi connectivity index (χ3n) is 2.88. The Morgan fingerprint density at radius 1 is 1.17 bits per heavy atom. The lowest BCUT2D eigenvalue weighted by molar-refractivity contribution is 0.0125. The Hall–Kier alpha value is -3.07. The van der Waals surface area contributed by atoms with Crippen LogP contribution in [0.25, 0.3) is 0 Å². The molecule has 0 unspecified atom stereocenters. The predicted molar refractivity (Wildman–Crippen MR) is 74.1 cm³/mol. The lowest BCUT2D eigenvalue weighted by Gasteiger charge is -2.09. The first kappa shape index (κ1) is 16.3. The third-order valence-corrected chi connectivity index (χ3v) is 2.88. The molecule has 120 valence electrons. The van der Waals surface area contributed by atoms with Crippen molar-refractivity contribution in [3.8, 4) is 0 Å². The minimum Gasteiger partial charge on any atom is -0.345 e. The van der Waals surface area contributed by atoms with E-state index in [1.54, 1.807) is 0 Å². The Kier molecular flexibility index (Phi) is 4.82. The second-order valence-corrected chi connectivity index (χ2v) is 4.38. The minimum absolute atomic E-state index is 0.0628. The van der Waals surface area contributed by atoms with Crippen LogP contribution in [0.2, 0.25) is 0 Å². The molecule has 1 amide bonds. The van der Waals surface area contributed by atoms with Crippen molar-refractivity contribution < 1.29 is 23.2 Å². The highest BCUT2D eigenvalue weighted by atomic mass is 19.1. The van der Waals surface area contributed by atoms with Crippen molar-refractivity contribution in [3.05, 3.63) is 69.6 Å². The molecular weight excluding hydrogens is 312 g/mol. The Labute approximate surface area is 128 Å². The zero-order valence-electron chi connectivity index (χ0n) is 11.8. The third kappa shape index (κ3) is 3.77. The first-order chi connectivity index (χ1) is 10.9. The van der Waals surface area contributed by atoms with E-state index in [1.807, 2.05) is 11.0 Å². The van der Waals surface area contributed by atoms with Crippen LogP contribution in [0.1, 0.15) is 20.8 Å². The fourth-order valence-corrected chi connectivity index (χ4v) is 1.68. The van der Waals surface area contributed by atoms with E-state index in [0.717, 1.165) is 16.7 Å². The maximum atomic E-state index is 13.4. The molecule has 2 N–H and O–H groups in total. The molecule has 0 saturated heterocycles. The molecule has 1 heterocycles. The highest BCUT2D eigenvalue weighted by Gasteiger charge is 2.14. The molecule has 0 saturated carbocycles. The number of nitrogens with one attached hydrogen (secondary N) is 2. The number of carbonyl (C=O) groups excluding carboxylic acids is 2. The van der Waals surface area contributed by atoms with E-state index in [-0.39, 0.29) is 5.69 Å². The number of aromatic nitrogens is 1. The van der Waals surface area contributed by atoms with Gasteiger partial charge in [-0.3, -0.25) is 15.0 Å². The van der Waals surface area contributed by atoms with Gasteiger partial charge in [-0.1, -0.05) is 11.7 Å². The molecule has 2 rings (SSSR count). The summed E-state index contributed by atoms with van der Waals surface area (Å²) in [7, 11) is 1.37. The number of nitrogens with zero attached hydrogens (tertiary/aromatic N) is 1. The zero-order chi connectivity index (χ0) is 17.0. The molecule has 1 aromatic heterocycles. The molecule has 7 nitrogen and oxygen atoms in total. The Morgan fingerprint density at radius 2 is 1.91 bits per heavy atom. The molecule has 0 atom stereocenters. The van der Waals surface area contributed by atoms with E-state index >= 15 is 0 Å². The Balaban J connectivity index is 1.96. The van der Waals surface area contributed by atoms with Crippen LogP contribution in [0, 0.1) is 11.6 Å². The van der Waals surface area contributed by atoms with E-state index in [4.69, 9.17) is 0 Å². The summed E-state index contributed by atoms with van der Waals surface area (Å²) in [5, 5.41) is 0. The largest absolute Gasteiger partial charge is 0.375 e. The molecule has 0 aliphatic heterocycles. The number of halogens is 2. The van der Waals surface area contributed by atoms with Crippen LogP contribution in [0.4, 0.5) is 8.78 Å². The fraction of sp³-hybridized carbons (Fsp3) is 0.0714. The van der Waals surface area contributed by atoms with E-state index in [9.17, 15) is 23.2 Å². The predicted octanol–water partition coefficient (Wildman–Crippen LogP) is 0.670. The molecule has 0 radical (unpaired) electrons. The van der Waals surface area contributed by atoms with Gasteiger partial charge in [-0.25, -0.2) is 13.6 Å². The Morgan fingerprint density at radius 3 is 2.61 bits per heavy atom. The number of carbonyl (C=O) groups is 2. The van der Waals surface area contributed by atoms with Gasteiger partial charge >= 0.3 is 5.97 Å². The van der Waals surface area contributed by atoms with Gasteiger partial charge in [0.05, 0.1) is 5.56 Å². The number of benzene rings is 1. The quantitative estimate of drug-likeness (QED) is 0.807. The number of rotatable bonds is 4. The summed E-state index contributed by atoms with van der Waals surface area (Å²) in [6, 6.07) is 6.34. The first-order valence-corrected chi connectivity index (χ1v) is 6.28. The molecule has 0 aliphatic rings. The van der Waals surface area contributed by atoms with E-state index in [0.29, 0.717) is 6.07 Å². The topological polar surface area (TPSA) is 89.4 Å². The Bertz CT molecular complexity index is 820. The van der Waals surface area contributed by atoms with Gasteiger partial charge in [-0.05, 0) is 18.2 Å². The summed E-state index contributed by atoms with van der Waals surface area (Å²) in [6.07, 6.45) is 0. The van der Waals surface area contributed by atoms with Crippen LogP contribution in [-0.4, -0.2) is 16.4 Å². The van der Waals surface area contributed by atoms with Gasteiger partial charge in [0.1, 0.15) is 17.3 Å². The zero-order valence-corrected chi connectivity index (χ0v) is 11.8. The highest BCUT2D eigenvalue weighted by molar-refractivity contribution is 5.94. The van der Waals surface area contributed by atoms with Crippen molar-refractivity contribution in [1.29, 1.82) is 0 Å². The summed E-state index contributed by atoms with van der Waals surface area (Å²) >= 11 is 0. The van der Waals surface area contributed by atoms with Gasteiger partial charge in [0.2, 0.25) is 0 Å². The second kappa shape index (κ2) is 6.79. The molecule has 0 aliphatic carbocycles. The molecular formula is C14H11F2N3O4. The van der Waals surface area contributed by atoms with Crippen LogP contribution in [0.5, 0.6) is 0 Å². The maximum Gasteiger partial charge on any atom is 0.375 e. The van der Waals surface area contributed by atoms with E-state index < -0.39 is 34.6 Å². The monoisotopic (exact) mass is 323 g/mol. The average molecular weight is 323 g/mol. The summed E-state index contributed by atoms with van der Waals surface area (Å²) in [6.45, 7) is 0. The number of hydrogen-bond acceptors (Lipinski definition) is 5. The van der Waals surface area contributed by atoms with Crippen molar-refractivity contribution >= 4 is 11.9 Å². The minimum atomic E-state index is -1.07. The van der Waals surface area contributed by atoms with Crippen LogP contribution in [0.3, 0.4) is 0 Å². The SMILES string of the molecule is Cn1c(C(=O)ONNC(=O)c2ccc(F)cc2F)cccc1=O. The fourth-order valence-electron chi connectivity index (χ4n) is 1.68. The lowest BCUT2D eigenvalue weighted by atomic mass is 10.2. The molecule has 23 heavy (non-hydrogen) atoms. The standard InChI is InChI=1S/C14H11F2N3O4/c1-19-11(3-2-4-12(19)20)14(22)23-18-17-13(21)9-6-5-8(15)7-10(9)16/h2-7,18H,1H3,(H,17,21). The summed E-state index contributed by atoms with van der Waals surface area (Å²) < 4.78 is 27.2. The van der Waals surface area contributed by atoms with Crippen molar-refractivity contribution in [2.45, 2.75) is 0 Å². The summed E-state index contributed by atoms with van der Waals surface area (Å²) in [5.74, 6) is -3.81. The smallest absolute Gasteiger partial charge is 0.345 e. The molecule has 0 fully saturated rings. The number of pyridine rings is 1. The maximum absolute atomic E-state index is 13.4.